The number of nitrogens with zero attached hydrogens (tertiary/aromatic N) is 5. The molecule has 0 unspecified atom stereocenters. The number of rotatable bonds is 5. The molecule has 6 rings (SSSR count). The van der Waals surface area contributed by atoms with E-state index in [1.807, 2.05) is 29.2 Å². The Morgan fingerprint density at radius 1 is 1.08 bits per heavy atom. The van der Waals surface area contributed by atoms with Crippen LogP contribution in [0.2, 0.25) is 0 Å². The Morgan fingerprint density at radius 2 is 1.89 bits per heavy atom. The Labute approximate surface area is 206 Å². The zero-order chi connectivity index (χ0) is 24.9. The van der Waals surface area contributed by atoms with Crippen molar-refractivity contribution < 1.29 is 13.2 Å². The fourth-order valence-corrected chi connectivity index (χ4v) is 5.06. The van der Waals surface area contributed by atoms with Crippen molar-refractivity contribution in [2.45, 2.75) is 12.8 Å². The van der Waals surface area contributed by atoms with Gasteiger partial charge in [-0.25, -0.2) is 18.4 Å². The number of pyridine rings is 2. The molecule has 1 fully saturated rings. The molecular weight excluding hydrogens is 480 g/mol. The smallest absolute Gasteiger partial charge is 0.256 e. The van der Waals surface area contributed by atoms with Crippen LogP contribution in [0.1, 0.15) is 23.2 Å². The molecule has 1 saturated heterocycles. The lowest BCUT2D eigenvalue weighted by molar-refractivity contribution is 0.0794. The third kappa shape index (κ3) is 4.05. The third-order valence-electron chi connectivity index (χ3n) is 6.16. The monoisotopic (exact) mass is 502 g/mol. The summed E-state index contributed by atoms with van der Waals surface area (Å²) in [5, 5.41) is 8.04. The molecule has 1 amide bonds. The van der Waals surface area contributed by atoms with Crippen LogP contribution in [0.4, 0.5) is 5.69 Å². The van der Waals surface area contributed by atoms with Crippen molar-refractivity contribution in [3.05, 3.63) is 54.5 Å². The average molecular weight is 503 g/mol. The molecule has 5 heterocycles. The molecule has 0 bridgehead atoms. The first kappa shape index (κ1) is 22.2. The van der Waals surface area contributed by atoms with E-state index in [4.69, 9.17) is 4.98 Å². The number of fused-ring (bicyclic) bond motifs is 2. The molecule has 0 radical (unpaired) electrons. The standard InChI is InChI=1S/C24H22N8O3S/c1-36(34,35)31-16-9-14(11-25-13-16)15-10-18-21(29-30-22(18)26-12-15)23-27-19-6-4-5-17(20(19)28-23)24(33)32-7-2-3-8-32/h4-6,9-13,31H,2-3,7-8H2,1H3,(H,27,28)(H,26,29,30). The van der Waals surface area contributed by atoms with E-state index < -0.39 is 10.0 Å². The summed E-state index contributed by atoms with van der Waals surface area (Å²) < 4.78 is 25.6. The van der Waals surface area contributed by atoms with Gasteiger partial charge in [0.25, 0.3) is 5.91 Å². The highest BCUT2D eigenvalue weighted by molar-refractivity contribution is 7.92. The first-order valence-corrected chi connectivity index (χ1v) is 13.3. The van der Waals surface area contributed by atoms with Crippen molar-refractivity contribution in [2.24, 2.45) is 0 Å². The van der Waals surface area contributed by atoms with Crippen molar-refractivity contribution in [1.29, 1.82) is 0 Å². The number of imidazole rings is 1. The summed E-state index contributed by atoms with van der Waals surface area (Å²) in [6.07, 6.45) is 7.85. The lowest BCUT2D eigenvalue weighted by Gasteiger charge is -2.15. The Hall–Kier alpha value is -4.32. The molecule has 4 aromatic heterocycles. The van der Waals surface area contributed by atoms with Gasteiger partial charge in [-0.3, -0.25) is 19.6 Å². The molecule has 1 aromatic carbocycles. The number of benzene rings is 1. The van der Waals surface area contributed by atoms with E-state index in [1.165, 1.54) is 6.20 Å². The molecule has 182 valence electrons. The minimum atomic E-state index is -3.43. The van der Waals surface area contributed by atoms with Crippen LogP contribution in [0.25, 0.3) is 44.7 Å². The third-order valence-corrected chi connectivity index (χ3v) is 6.76. The van der Waals surface area contributed by atoms with Crippen molar-refractivity contribution in [3.8, 4) is 22.6 Å². The quantitative estimate of drug-likeness (QED) is 0.334. The summed E-state index contributed by atoms with van der Waals surface area (Å²) in [5.41, 5.74) is 4.85. The van der Waals surface area contributed by atoms with Crippen molar-refractivity contribution >= 4 is 43.7 Å². The highest BCUT2D eigenvalue weighted by Crippen LogP contribution is 2.30. The first-order valence-electron chi connectivity index (χ1n) is 11.4. The second-order valence-corrected chi connectivity index (χ2v) is 10.6. The summed E-state index contributed by atoms with van der Waals surface area (Å²) in [4.78, 5) is 31.6. The van der Waals surface area contributed by atoms with Crippen LogP contribution < -0.4 is 4.72 Å². The number of aromatic nitrogens is 6. The molecule has 0 aliphatic carbocycles. The number of carbonyl (C=O) groups excluding carboxylic acids is 1. The largest absolute Gasteiger partial charge is 0.339 e. The number of nitrogens with one attached hydrogen (secondary N) is 3. The molecule has 3 N–H and O–H groups in total. The van der Waals surface area contributed by atoms with Gasteiger partial charge in [-0.2, -0.15) is 5.10 Å². The van der Waals surface area contributed by atoms with Crippen LogP contribution in [-0.2, 0) is 10.0 Å². The molecule has 36 heavy (non-hydrogen) atoms. The van der Waals surface area contributed by atoms with Crippen LogP contribution in [-0.4, -0.2) is 68.7 Å². The minimum Gasteiger partial charge on any atom is -0.339 e. The average Bonchev–Trinajstić information content (AvgIpc) is 3.61. The number of hydrogen-bond donors (Lipinski definition) is 3. The molecule has 11 nitrogen and oxygen atoms in total. The predicted octanol–water partition coefficient (Wildman–Crippen LogP) is 3.17. The molecule has 1 aliphatic heterocycles. The summed E-state index contributed by atoms with van der Waals surface area (Å²) in [6.45, 7) is 1.53. The van der Waals surface area contributed by atoms with Gasteiger partial charge >= 0.3 is 0 Å². The van der Waals surface area contributed by atoms with Gasteiger partial charge in [0.2, 0.25) is 10.0 Å². The van der Waals surface area contributed by atoms with Crippen LogP contribution in [0, 0.1) is 0 Å². The highest BCUT2D eigenvalue weighted by Gasteiger charge is 2.23. The van der Waals surface area contributed by atoms with Gasteiger partial charge in [0.1, 0.15) is 11.2 Å². The topological polar surface area (TPSA) is 150 Å². The number of H-pyrrole nitrogens is 2. The van der Waals surface area contributed by atoms with Crippen molar-refractivity contribution in [3.63, 3.8) is 0 Å². The number of amides is 1. The molecule has 12 heteroatoms. The summed E-state index contributed by atoms with van der Waals surface area (Å²) in [5.74, 6) is 0.531. The second kappa shape index (κ2) is 8.41. The number of para-hydroxylation sites is 1. The number of carbonyl (C=O) groups is 1. The van der Waals surface area contributed by atoms with E-state index in [-0.39, 0.29) is 5.91 Å². The maximum Gasteiger partial charge on any atom is 0.256 e. The molecule has 0 atom stereocenters. The molecule has 0 spiro atoms. The zero-order valence-corrected chi connectivity index (χ0v) is 20.1. The lowest BCUT2D eigenvalue weighted by atomic mass is 10.1. The number of likely N-dealkylation sites (tertiary alicyclic amines) is 1. The summed E-state index contributed by atoms with van der Waals surface area (Å²) in [7, 11) is -3.43. The number of anilines is 1. The summed E-state index contributed by atoms with van der Waals surface area (Å²) >= 11 is 0. The van der Waals surface area contributed by atoms with E-state index in [0.29, 0.717) is 39.5 Å². The van der Waals surface area contributed by atoms with Crippen molar-refractivity contribution in [2.75, 3.05) is 24.1 Å². The Balaban J connectivity index is 1.41. The van der Waals surface area contributed by atoms with Gasteiger partial charge in [0.15, 0.2) is 11.5 Å². The highest BCUT2D eigenvalue weighted by atomic mass is 32.2. The van der Waals surface area contributed by atoms with Gasteiger partial charge in [-0.05, 0) is 37.1 Å². The zero-order valence-electron chi connectivity index (χ0n) is 19.3. The SMILES string of the molecule is CS(=O)(=O)Nc1cncc(-c2cnc3n[nH]c(-c4nc5c(C(=O)N6CCCC6)cccc5[nH]4)c3c2)c1. The van der Waals surface area contributed by atoms with Crippen LogP contribution in [0.3, 0.4) is 0 Å². The van der Waals surface area contributed by atoms with E-state index in [9.17, 15) is 13.2 Å². The van der Waals surface area contributed by atoms with Crippen molar-refractivity contribution in [1.82, 2.24) is 35.0 Å². The Bertz CT molecular complexity index is 1740. The number of sulfonamides is 1. The van der Waals surface area contributed by atoms with E-state index >= 15 is 0 Å². The number of aromatic amines is 2. The molecular formula is C24H22N8O3S. The minimum absolute atomic E-state index is 0.00958. The fourth-order valence-electron chi connectivity index (χ4n) is 4.52. The fraction of sp³-hybridized carbons (Fsp3) is 0.208. The van der Waals surface area contributed by atoms with Gasteiger partial charge in [-0.1, -0.05) is 6.07 Å². The van der Waals surface area contributed by atoms with E-state index in [2.05, 4.69) is 29.9 Å². The van der Waals surface area contributed by atoms with Gasteiger partial charge < -0.3 is 9.88 Å². The van der Waals surface area contributed by atoms with Crippen LogP contribution >= 0.6 is 0 Å². The number of hydrogen-bond acceptors (Lipinski definition) is 7. The predicted molar refractivity (Wildman–Crippen MR) is 136 cm³/mol. The molecule has 5 aromatic rings. The van der Waals surface area contributed by atoms with Gasteiger partial charge in [-0.15, -0.1) is 0 Å². The van der Waals surface area contributed by atoms with Crippen LogP contribution in [0.5, 0.6) is 0 Å². The molecule has 1 aliphatic rings. The second-order valence-electron chi connectivity index (χ2n) is 8.82. The normalized spacial score (nSPS) is 14.1. The maximum atomic E-state index is 13.1. The Kier molecular flexibility index (Phi) is 5.18. The van der Waals surface area contributed by atoms with Crippen LogP contribution in [0.15, 0.2) is 48.9 Å². The maximum absolute atomic E-state index is 13.1. The lowest BCUT2D eigenvalue weighted by Crippen LogP contribution is -2.27. The Morgan fingerprint density at radius 3 is 2.69 bits per heavy atom. The van der Waals surface area contributed by atoms with E-state index in [0.717, 1.165) is 48.7 Å². The van der Waals surface area contributed by atoms with Gasteiger partial charge in [0, 0.05) is 36.6 Å². The first-order chi connectivity index (χ1) is 17.4. The summed E-state index contributed by atoms with van der Waals surface area (Å²) in [6, 6.07) is 9.13. The van der Waals surface area contributed by atoms with E-state index in [1.54, 1.807) is 18.5 Å². The molecule has 0 saturated carbocycles. The van der Waals surface area contributed by atoms with Gasteiger partial charge in [0.05, 0.1) is 34.6 Å².